The molecule has 1 aliphatic rings. The predicted molar refractivity (Wildman–Crippen MR) is 73.6 cm³/mol. The summed E-state index contributed by atoms with van der Waals surface area (Å²) >= 11 is 5.87. The minimum Gasteiger partial charge on any atom is -0.369 e. The Bertz CT molecular complexity index is 442. The number of rotatable bonds is 3. The second-order valence-corrected chi connectivity index (χ2v) is 6.04. The van der Waals surface area contributed by atoms with Crippen LogP contribution in [0.25, 0.3) is 0 Å². The fourth-order valence-corrected chi connectivity index (χ4v) is 2.80. The number of nitrogens with one attached hydrogen (secondary N) is 1. The molecule has 3 N–H and O–H groups in total. The lowest BCUT2D eigenvalue weighted by Crippen LogP contribution is -2.43. The highest BCUT2D eigenvalue weighted by Crippen LogP contribution is 2.32. The molecule has 2 rings (SSSR count). The second kappa shape index (κ2) is 4.90. The van der Waals surface area contributed by atoms with Crippen LogP contribution in [0.1, 0.15) is 38.2 Å². The van der Waals surface area contributed by atoms with E-state index >= 15 is 0 Å². The Morgan fingerprint density at radius 2 is 2.06 bits per heavy atom. The van der Waals surface area contributed by atoms with Crippen LogP contribution >= 0.6 is 11.6 Å². The summed E-state index contributed by atoms with van der Waals surface area (Å²) in [6, 6.07) is 7.47. The lowest BCUT2D eigenvalue weighted by molar-refractivity contribution is -0.120. The molecular formula is C14H19ClN2O. The Kier molecular flexibility index (Phi) is 3.64. The number of carbonyl (C=O) groups is 1. The monoisotopic (exact) mass is 266 g/mol. The number of hydrogen-bond acceptors (Lipinski definition) is 2. The Balaban J connectivity index is 2.24. The van der Waals surface area contributed by atoms with Gasteiger partial charge >= 0.3 is 0 Å². The zero-order valence-electron chi connectivity index (χ0n) is 10.7. The maximum absolute atomic E-state index is 11.7. The van der Waals surface area contributed by atoms with Crippen LogP contribution in [0.5, 0.6) is 0 Å². The standard InChI is InChI=1S/C14H19ClN2O/c1-14(2)8-7-11(17-14)12(13(16)18)9-3-5-10(15)6-4-9/h3-6,11-12,17H,7-8H2,1-2H3,(H2,16,18)/t11-,12-/m0/s1. The first kappa shape index (κ1) is 13.4. The van der Waals surface area contributed by atoms with Crippen molar-refractivity contribution in [3.05, 3.63) is 34.9 Å². The molecule has 0 spiro atoms. The van der Waals surface area contributed by atoms with Gasteiger partial charge in [-0.25, -0.2) is 0 Å². The summed E-state index contributed by atoms with van der Waals surface area (Å²) in [6.45, 7) is 4.29. The van der Waals surface area contributed by atoms with E-state index < -0.39 is 0 Å². The first-order valence-corrected chi connectivity index (χ1v) is 6.59. The number of carbonyl (C=O) groups excluding carboxylic acids is 1. The van der Waals surface area contributed by atoms with E-state index in [9.17, 15) is 4.79 Å². The van der Waals surface area contributed by atoms with Gasteiger partial charge in [0.05, 0.1) is 5.92 Å². The van der Waals surface area contributed by atoms with Gasteiger partial charge in [0, 0.05) is 16.6 Å². The lowest BCUT2D eigenvalue weighted by atomic mass is 9.90. The van der Waals surface area contributed by atoms with Gasteiger partial charge in [-0.1, -0.05) is 23.7 Å². The van der Waals surface area contributed by atoms with Crippen LogP contribution in [0.3, 0.4) is 0 Å². The zero-order chi connectivity index (χ0) is 13.3. The van der Waals surface area contributed by atoms with Gasteiger partial charge in [0.25, 0.3) is 0 Å². The van der Waals surface area contributed by atoms with Crippen LogP contribution in [0, 0.1) is 0 Å². The van der Waals surface area contributed by atoms with Crippen molar-refractivity contribution >= 4 is 17.5 Å². The number of halogens is 1. The maximum atomic E-state index is 11.7. The van der Waals surface area contributed by atoms with Gasteiger partial charge in [0.2, 0.25) is 5.91 Å². The van der Waals surface area contributed by atoms with E-state index in [4.69, 9.17) is 17.3 Å². The summed E-state index contributed by atoms with van der Waals surface area (Å²) in [5.41, 5.74) is 6.57. The van der Waals surface area contributed by atoms with Gasteiger partial charge in [-0.2, -0.15) is 0 Å². The van der Waals surface area contributed by atoms with Gasteiger partial charge in [-0.3, -0.25) is 4.79 Å². The molecule has 18 heavy (non-hydrogen) atoms. The van der Waals surface area contributed by atoms with Crippen molar-refractivity contribution in [2.45, 2.75) is 44.2 Å². The molecule has 0 aromatic heterocycles. The minimum atomic E-state index is -0.288. The van der Waals surface area contributed by atoms with Gasteiger partial charge in [-0.05, 0) is 44.4 Å². The highest BCUT2D eigenvalue weighted by molar-refractivity contribution is 6.30. The van der Waals surface area contributed by atoms with E-state index in [2.05, 4.69) is 19.2 Å². The first-order chi connectivity index (χ1) is 8.39. The molecule has 1 heterocycles. The van der Waals surface area contributed by atoms with Crippen molar-refractivity contribution < 1.29 is 4.79 Å². The fourth-order valence-electron chi connectivity index (χ4n) is 2.68. The molecule has 0 unspecified atom stereocenters. The third-order valence-electron chi connectivity index (χ3n) is 3.59. The summed E-state index contributed by atoms with van der Waals surface area (Å²) in [7, 11) is 0. The number of amides is 1. The zero-order valence-corrected chi connectivity index (χ0v) is 11.5. The van der Waals surface area contributed by atoms with Gasteiger partial charge in [0.1, 0.15) is 0 Å². The van der Waals surface area contributed by atoms with Crippen LogP contribution < -0.4 is 11.1 Å². The molecule has 1 aromatic carbocycles. The van der Waals surface area contributed by atoms with E-state index in [0.29, 0.717) is 5.02 Å². The quantitative estimate of drug-likeness (QED) is 0.883. The molecule has 3 nitrogen and oxygen atoms in total. The molecule has 4 heteroatoms. The van der Waals surface area contributed by atoms with Crippen LogP contribution in [0.4, 0.5) is 0 Å². The molecule has 0 radical (unpaired) electrons. The first-order valence-electron chi connectivity index (χ1n) is 6.21. The molecule has 0 saturated carbocycles. The average molecular weight is 267 g/mol. The number of primary amides is 1. The average Bonchev–Trinajstić information content (AvgIpc) is 2.61. The Hall–Kier alpha value is -1.06. The molecule has 0 aliphatic carbocycles. The summed E-state index contributed by atoms with van der Waals surface area (Å²) in [5, 5.41) is 4.16. The molecular weight excluding hydrogens is 248 g/mol. The van der Waals surface area contributed by atoms with Gasteiger partial charge in [-0.15, -0.1) is 0 Å². The molecule has 1 saturated heterocycles. The van der Waals surface area contributed by atoms with Gasteiger partial charge < -0.3 is 11.1 Å². The molecule has 1 aliphatic heterocycles. The topological polar surface area (TPSA) is 55.1 Å². The maximum Gasteiger partial charge on any atom is 0.226 e. The summed E-state index contributed by atoms with van der Waals surface area (Å²) < 4.78 is 0. The van der Waals surface area contributed by atoms with Gasteiger partial charge in [0.15, 0.2) is 0 Å². The smallest absolute Gasteiger partial charge is 0.226 e. The van der Waals surface area contributed by atoms with E-state index in [1.54, 1.807) is 12.1 Å². The van der Waals surface area contributed by atoms with Crippen molar-refractivity contribution in [3.8, 4) is 0 Å². The fraction of sp³-hybridized carbons (Fsp3) is 0.500. The van der Waals surface area contributed by atoms with Crippen LogP contribution in [0.2, 0.25) is 5.02 Å². The molecule has 1 amide bonds. The SMILES string of the molecule is CC1(C)CC[C@@H]([C@@H](C(N)=O)c2ccc(Cl)cc2)N1. The predicted octanol–water partition coefficient (Wildman–Crippen LogP) is 2.44. The van der Waals surface area contributed by atoms with Crippen molar-refractivity contribution in [1.29, 1.82) is 0 Å². The molecule has 1 fully saturated rings. The largest absolute Gasteiger partial charge is 0.369 e. The van der Waals surface area contributed by atoms with Crippen LogP contribution in [-0.2, 0) is 4.79 Å². The van der Waals surface area contributed by atoms with Crippen molar-refractivity contribution in [2.75, 3.05) is 0 Å². The Labute approximate surface area is 113 Å². The lowest BCUT2D eigenvalue weighted by Gasteiger charge is -2.25. The molecule has 2 atom stereocenters. The Morgan fingerprint density at radius 3 is 2.50 bits per heavy atom. The van der Waals surface area contributed by atoms with E-state index in [1.165, 1.54) is 0 Å². The highest BCUT2D eigenvalue weighted by Gasteiger charge is 2.37. The highest BCUT2D eigenvalue weighted by atomic mass is 35.5. The Morgan fingerprint density at radius 1 is 1.44 bits per heavy atom. The van der Waals surface area contributed by atoms with E-state index in [1.807, 2.05) is 12.1 Å². The summed E-state index contributed by atoms with van der Waals surface area (Å²) in [4.78, 5) is 11.7. The summed E-state index contributed by atoms with van der Waals surface area (Å²) in [6.07, 6.45) is 2.01. The van der Waals surface area contributed by atoms with Crippen molar-refractivity contribution in [3.63, 3.8) is 0 Å². The van der Waals surface area contributed by atoms with Crippen molar-refractivity contribution in [2.24, 2.45) is 5.73 Å². The normalized spacial score (nSPS) is 23.8. The minimum absolute atomic E-state index is 0.0742. The number of hydrogen-bond donors (Lipinski definition) is 2. The van der Waals surface area contributed by atoms with Crippen LogP contribution in [-0.4, -0.2) is 17.5 Å². The molecule has 0 bridgehead atoms. The third kappa shape index (κ3) is 2.85. The summed E-state index contributed by atoms with van der Waals surface area (Å²) in [5.74, 6) is -0.573. The molecule has 98 valence electrons. The number of nitrogens with two attached hydrogens (primary N) is 1. The van der Waals surface area contributed by atoms with Crippen molar-refractivity contribution in [1.82, 2.24) is 5.32 Å². The van der Waals surface area contributed by atoms with E-state index in [-0.39, 0.29) is 23.4 Å². The second-order valence-electron chi connectivity index (χ2n) is 5.60. The third-order valence-corrected chi connectivity index (χ3v) is 3.85. The molecule has 1 aromatic rings. The number of benzene rings is 1. The van der Waals surface area contributed by atoms with Crippen LogP contribution in [0.15, 0.2) is 24.3 Å². The van der Waals surface area contributed by atoms with E-state index in [0.717, 1.165) is 18.4 Å².